The van der Waals surface area contributed by atoms with E-state index in [4.69, 9.17) is 16.3 Å². The van der Waals surface area contributed by atoms with Crippen LogP contribution in [0.4, 0.5) is 5.69 Å². The van der Waals surface area contributed by atoms with Crippen molar-refractivity contribution in [2.45, 2.75) is 19.4 Å². The number of nitrogens with zero attached hydrogens (tertiary/aromatic N) is 2. The summed E-state index contributed by atoms with van der Waals surface area (Å²) in [6.45, 7) is 2.36. The first-order chi connectivity index (χ1) is 15.5. The van der Waals surface area contributed by atoms with Gasteiger partial charge in [-0.15, -0.1) is 0 Å². The number of fused-ring (bicyclic) bond motifs is 1. The predicted molar refractivity (Wildman–Crippen MR) is 121 cm³/mol. The van der Waals surface area contributed by atoms with Crippen LogP contribution in [0, 0.1) is 6.92 Å². The number of amides is 1. The van der Waals surface area contributed by atoms with Crippen LogP contribution in [0.3, 0.4) is 0 Å². The SMILES string of the molecule is Cc1c(Cl)cccc1N1C(=O)C(=O)/C(=C(\O)c2ccc3c(c2)CCO3)C1c1ccccn1. The Hall–Kier alpha value is -3.64. The largest absolute Gasteiger partial charge is 0.507 e. The summed E-state index contributed by atoms with van der Waals surface area (Å²) in [7, 11) is 0. The molecule has 0 bridgehead atoms. The van der Waals surface area contributed by atoms with Crippen LogP contribution >= 0.6 is 11.6 Å². The zero-order valence-corrected chi connectivity index (χ0v) is 18.0. The topological polar surface area (TPSA) is 79.7 Å². The maximum Gasteiger partial charge on any atom is 0.300 e. The van der Waals surface area contributed by atoms with Crippen LogP contribution in [-0.4, -0.2) is 28.4 Å². The number of ether oxygens (including phenoxy) is 1. The molecule has 1 unspecified atom stereocenters. The lowest BCUT2D eigenvalue weighted by Crippen LogP contribution is -2.30. The third-order valence-corrected chi connectivity index (χ3v) is 6.28. The molecule has 6 nitrogen and oxygen atoms in total. The minimum absolute atomic E-state index is 0.00746. The van der Waals surface area contributed by atoms with Crippen molar-refractivity contribution in [2.75, 3.05) is 11.5 Å². The first-order valence-corrected chi connectivity index (χ1v) is 10.6. The van der Waals surface area contributed by atoms with Crippen molar-refractivity contribution in [3.8, 4) is 5.75 Å². The molecular weight excluding hydrogens is 428 g/mol. The molecule has 2 aliphatic rings. The van der Waals surface area contributed by atoms with Crippen molar-refractivity contribution in [3.63, 3.8) is 0 Å². The molecule has 1 atom stereocenters. The Bertz CT molecular complexity index is 1290. The lowest BCUT2D eigenvalue weighted by Gasteiger charge is -2.26. The number of carbonyl (C=O) groups is 2. The van der Waals surface area contributed by atoms with Crippen LogP contribution in [0.2, 0.25) is 5.02 Å². The summed E-state index contributed by atoms with van der Waals surface area (Å²) < 4.78 is 5.54. The van der Waals surface area contributed by atoms with Crippen molar-refractivity contribution >= 4 is 34.7 Å². The van der Waals surface area contributed by atoms with Crippen molar-refractivity contribution in [1.29, 1.82) is 0 Å². The monoisotopic (exact) mass is 446 g/mol. The molecule has 0 spiro atoms. The van der Waals surface area contributed by atoms with E-state index in [1.165, 1.54) is 4.90 Å². The van der Waals surface area contributed by atoms with E-state index in [9.17, 15) is 14.7 Å². The fourth-order valence-electron chi connectivity index (χ4n) is 4.24. The molecule has 2 aliphatic heterocycles. The molecule has 32 heavy (non-hydrogen) atoms. The number of anilines is 1. The number of hydrogen-bond donors (Lipinski definition) is 1. The van der Waals surface area contributed by atoms with Gasteiger partial charge in [0, 0.05) is 28.9 Å². The van der Waals surface area contributed by atoms with Gasteiger partial charge in [-0.3, -0.25) is 19.5 Å². The summed E-state index contributed by atoms with van der Waals surface area (Å²) in [5, 5.41) is 11.7. The maximum atomic E-state index is 13.2. The molecular formula is C25H19ClN2O4. The quantitative estimate of drug-likeness (QED) is 0.361. The highest BCUT2D eigenvalue weighted by Gasteiger charge is 2.48. The van der Waals surface area contributed by atoms with E-state index in [-0.39, 0.29) is 11.3 Å². The smallest absolute Gasteiger partial charge is 0.300 e. The van der Waals surface area contributed by atoms with Gasteiger partial charge in [0.1, 0.15) is 17.6 Å². The van der Waals surface area contributed by atoms with Crippen LogP contribution in [0.25, 0.3) is 5.76 Å². The molecule has 1 aromatic heterocycles. The second-order valence-electron chi connectivity index (χ2n) is 7.73. The summed E-state index contributed by atoms with van der Waals surface area (Å²) in [5.41, 5.74) is 3.02. The third kappa shape index (κ3) is 3.15. The Morgan fingerprint density at radius 2 is 2.00 bits per heavy atom. The number of hydrogen-bond acceptors (Lipinski definition) is 5. The molecule has 0 saturated carbocycles. The van der Waals surface area contributed by atoms with Crippen molar-refractivity contribution in [1.82, 2.24) is 4.98 Å². The number of aromatic nitrogens is 1. The highest BCUT2D eigenvalue weighted by atomic mass is 35.5. The predicted octanol–water partition coefficient (Wildman–Crippen LogP) is 4.60. The van der Waals surface area contributed by atoms with Gasteiger partial charge in [0.05, 0.1) is 17.9 Å². The number of halogens is 1. The van der Waals surface area contributed by atoms with Gasteiger partial charge in [-0.2, -0.15) is 0 Å². The molecule has 1 amide bonds. The minimum atomic E-state index is -0.891. The van der Waals surface area contributed by atoms with Gasteiger partial charge >= 0.3 is 0 Å². The lowest BCUT2D eigenvalue weighted by molar-refractivity contribution is -0.132. The number of rotatable bonds is 3. The molecule has 3 heterocycles. The zero-order chi connectivity index (χ0) is 22.4. The van der Waals surface area contributed by atoms with Gasteiger partial charge in [-0.05, 0) is 60.5 Å². The average Bonchev–Trinajstić information content (AvgIpc) is 3.38. The average molecular weight is 447 g/mol. The Morgan fingerprint density at radius 3 is 2.78 bits per heavy atom. The van der Waals surface area contributed by atoms with Crippen LogP contribution < -0.4 is 9.64 Å². The Morgan fingerprint density at radius 1 is 1.16 bits per heavy atom. The molecule has 5 rings (SSSR count). The first kappa shape index (κ1) is 20.3. The maximum absolute atomic E-state index is 13.2. The Kier molecular flexibility index (Phi) is 4.94. The van der Waals surface area contributed by atoms with Crippen molar-refractivity contribution in [2.24, 2.45) is 0 Å². The number of carbonyl (C=O) groups excluding carboxylic acids is 2. The molecule has 1 saturated heterocycles. The second-order valence-corrected chi connectivity index (χ2v) is 8.14. The number of aliphatic hydroxyl groups is 1. The molecule has 2 aromatic carbocycles. The van der Waals surface area contributed by atoms with Crippen LogP contribution in [-0.2, 0) is 16.0 Å². The lowest BCUT2D eigenvalue weighted by atomic mass is 9.97. The molecule has 0 radical (unpaired) electrons. The summed E-state index contributed by atoms with van der Waals surface area (Å²) in [6, 6.07) is 14.8. The summed E-state index contributed by atoms with van der Waals surface area (Å²) in [6.07, 6.45) is 2.31. The van der Waals surface area contributed by atoms with Gasteiger partial charge in [0.15, 0.2) is 0 Å². The number of benzene rings is 2. The van der Waals surface area contributed by atoms with E-state index in [1.54, 1.807) is 67.7 Å². The van der Waals surface area contributed by atoms with Crippen LogP contribution in [0.15, 0.2) is 66.4 Å². The molecule has 160 valence electrons. The second kappa shape index (κ2) is 7.80. The Labute approximate surface area is 189 Å². The third-order valence-electron chi connectivity index (χ3n) is 5.87. The van der Waals surface area contributed by atoms with E-state index in [0.29, 0.717) is 34.1 Å². The van der Waals surface area contributed by atoms with E-state index in [2.05, 4.69) is 4.98 Å². The van der Waals surface area contributed by atoms with Gasteiger partial charge in [-0.25, -0.2) is 0 Å². The summed E-state index contributed by atoms with van der Waals surface area (Å²) in [4.78, 5) is 32.2. The Balaban J connectivity index is 1.73. The van der Waals surface area contributed by atoms with Gasteiger partial charge in [0.2, 0.25) is 0 Å². The normalized spacial score (nSPS) is 19.2. The van der Waals surface area contributed by atoms with Gasteiger partial charge in [0.25, 0.3) is 11.7 Å². The van der Waals surface area contributed by atoms with Crippen molar-refractivity contribution < 1.29 is 19.4 Å². The van der Waals surface area contributed by atoms with E-state index in [1.807, 2.05) is 0 Å². The number of ketones is 1. The van der Waals surface area contributed by atoms with Gasteiger partial charge in [-0.1, -0.05) is 23.7 Å². The molecule has 7 heteroatoms. The van der Waals surface area contributed by atoms with Crippen LogP contribution in [0.1, 0.15) is 28.4 Å². The summed E-state index contributed by atoms with van der Waals surface area (Å²) >= 11 is 6.31. The van der Waals surface area contributed by atoms with E-state index < -0.39 is 17.7 Å². The fraction of sp³-hybridized carbons (Fsp3) is 0.160. The molecule has 1 fully saturated rings. The van der Waals surface area contributed by atoms with Gasteiger partial charge < -0.3 is 9.84 Å². The molecule has 0 aliphatic carbocycles. The minimum Gasteiger partial charge on any atom is -0.507 e. The number of Topliss-reactive ketones (excluding diaryl/α,β-unsaturated/α-hetero) is 1. The molecule has 1 N–H and O–H groups in total. The zero-order valence-electron chi connectivity index (χ0n) is 17.2. The highest BCUT2D eigenvalue weighted by Crippen LogP contribution is 2.43. The number of pyridine rings is 1. The van der Waals surface area contributed by atoms with E-state index >= 15 is 0 Å². The highest BCUT2D eigenvalue weighted by molar-refractivity contribution is 6.52. The standard InChI is InChI=1S/C25H19ClN2O4/c1-14-17(26)5-4-7-19(14)28-22(18-6-2-3-11-27-18)21(24(30)25(28)31)23(29)16-8-9-20-15(13-16)10-12-32-20/h2-9,11,13,22,29H,10,12H2,1H3/b23-21-. The fourth-order valence-corrected chi connectivity index (χ4v) is 4.41. The first-order valence-electron chi connectivity index (χ1n) is 10.2. The van der Waals surface area contributed by atoms with Crippen molar-refractivity contribution in [3.05, 3.63) is 93.8 Å². The molecule has 3 aromatic rings. The summed E-state index contributed by atoms with van der Waals surface area (Å²) in [5.74, 6) is -0.986. The van der Waals surface area contributed by atoms with Crippen LogP contribution in [0.5, 0.6) is 5.75 Å². The number of aliphatic hydroxyl groups excluding tert-OH is 1. The van der Waals surface area contributed by atoms with E-state index in [0.717, 1.165) is 17.7 Å².